The molecule has 1 N–H and O–H groups in total. The molecule has 8 heteroatoms. The molecule has 1 spiro atoms. The maximum Gasteiger partial charge on any atom is 0.306 e. The predicted molar refractivity (Wildman–Crippen MR) is 142 cm³/mol. The molecule has 0 bridgehead atoms. The molecule has 1 aliphatic carbocycles. The number of carbonyl (C=O) groups is 2. The van der Waals surface area contributed by atoms with Gasteiger partial charge in [-0.15, -0.1) is 0 Å². The van der Waals surface area contributed by atoms with Crippen molar-refractivity contribution in [1.29, 1.82) is 0 Å². The number of ether oxygens (including phenoxy) is 4. The van der Waals surface area contributed by atoms with Gasteiger partial charge in [0.1, 0.15) is 18.8 Å². The zero-order chi connectivity index (χ0) is 25.1. The Bertz CT molecular complexity index is 1160. The maximum absolute atomic E-state index is 12.5. The zero-order valence-corrected chi connectivity index (χ0v) is 22.4. The number of esters is 2. The van der Waals surface area contributed by atoms with Crippen LogP contribution in [0.15, 0.2) is 48.6 Å². The van der Waals surface area contributed by atoms with Crippen LogP contribution in [0.3, 0.4) is 0 Å². The molecule has 7 nitrogen and oxygen atoms in total. The van der Waals surface area contributed by atoms with Crippen LogP contribution >= 0.6 is 22.6 Å². The number of hydrogen-bond acceptors (Lipinski definition) is 7. The van der Waals surface area contributed by atoms with Gasteiger partial charge in [-0.25, -0.2) is 0 Å². The van der Waals surface area contributed by atoms with Crippen LogP contribution in [0.4, 0.5) is 0 Å². The first-order valence-corrected chi connectivity index (χ1v) is 13.4. The first-order chi connectivity index (χ1) is 17.5. The second kappa shape index (κ2) is 10.8. The molecule has 0 aromatic heterocycles. The van der Waals surface area contributed by atoms with Crippen molar-refractivity contribution in [3.8, 4) is 11.5 Å². The number of benzene rings is 2. The molecule has 0 saturated heterocycles. The molecule has 2 aliphatic heterocycles. The van der Waals surface area contributed by atoms with Crippen molar-refractivity contribution in [2.45, 2.75) is 62.9 Å². The number of methoxy groups -OCH3 is 1. The van der Waals surface area contributed by atoms with E-state index in [0.29, 0.717) is 12.8 Å². The van der Waals surface area contributed by atoms with Crippen molar-refractivity contribution in [1.82, 2.24) is 5.32 Å². The van der Waals surface area contributed by atoms with Crippen molar-refractivity contribution < 1.29 is 28.5 Å². The van der Waals surface area contributed by atoms with Gasteiger partial charge in [0.2, 0.25) is 0 Å². The van der Waals surface area contributed by atoms with E-state index < -0.39 is 0 Å². The highest BCUT2D eigenvalue weighted by molar-refractivity contribution is 14.1. The SMILES string of the molecule is COc1ccc2c3c1O[C@@H]1C[C@H](OC(=O)CCCC(=O)OCc4ccc(I)cc4)C=C[C@@]31CCNC2. The number of hydrogen-bond donors (Lipinski definition) is 1. The zero-order valence-electron chi connectivity index (χ0n) is 20.3. The Morgan fingerprint density at radius 3 is 2.75 bits per heavy atom. The van der Waals surface area contributed by atoms with Crippen molar-refractivity contribution in [2.75, 3.05) is 13.7 Å². The average molecular weight is 603 g/mol. The normalized spacial score (nSPS) is 23.6. The lowest BCUT2D eigenvalue weighted by Crippen LogP contribution is -2.43. The first-order valence-electron chi connectivity index (χ1n) is 12.3. The lowest BCUT2D eigenvalue weighted by molar-refractivity contribution is -0.149. The van der Waals surface area contributed by atoms with Crippen LogP contribution in [-0.4, -0.2) is 37.8 Å². The van der Waals surface area contributed by atoms with Crippen LogP contribution in [0, 0.1) is 3.57 Å². The Morgan fingerprint density at radius 1 is 1.14 bits per heavy atom. The minimum Gasteiger partial charge on any atom is -0.493 e. The highest BCUT2D eigenvalue weighted by Crippen LogP contribution is 2.55. The molecule has 0 fully saturated rings. The Morgan fingerprint density at radius 2 is 1.94 bits per heavy atom. The van der Waals surface area contributed by atoms with Gasteiger partial charge in [0.05, 0.1) is 12.5 Å². The van der Waals surface area contributed by atoms with E-state index in [-0.39, 0.29) is 49.0 Å². The third-order valence-electron chi connectivity index (χ3n) is 7.17. The van der Waals surface area contributed by atoms with Gasteiger partial charge in [-0.2, -0.15) is 0 Å². The van der Waals surface area contributed by atoms with Crippen LogP contribution < -0.4 is 14.8 Å². The van der Waals surface area contributed by atoms with E-state index in [4.69, 9.17) is 18.9 Å². The molecule has 3 aliphatic rings. The van der Waals surface area contributed by atoms with E-state index in [9.17, 15) is 9.59 Å². The van der Waals surface area contributed by atoms with E-state index in [0.717, 1.165) is 40.1 Å². The Balaban J connectivity index is 1.13. The van der Waals surface area contributed by atoms with E-state index in [1.54, 1.807) is 7.11 Å². The van der Waals surface area contributed by atoms with Crippen molar-refractivity contribution in [3.63, 3.8) is 0 Å². The molecule has 0 unspecified atom stereocenters. The van der Waals surface area contributed by atoms with Crippen LogP contribution in [0.2, 0.25) is 0 Å². The molecule has 2 aromatic rings. The fourth-order valence-electron chi connectivity index (χ4n) is 5.36. The largest absolute Gasteiger partial charge is 0.493 e. The lowest BCUT2D eigenvalue weighted by Gasteiger charge is -2.36. The standard InChI is InChI=1S/C28H30INO6/c1-33-22-10-7-19-16-30-14-13-28-12-11-21(15-23(28)36-27(22)26(19)28)35-25(32)4-2-3-24(31)34-17-18-5-8-20(29)9-6-18/h5-12,21,23,30H,2-4,13-17H2,1H3/t21-,23-,28+/m1/s1. The molecule has 0 radical (unpaired) electrons. The summed E-state index contributed by atoms with van der Waals surface area (Å²) in [6, 6.07) is 11.9. The summed E-state index contributed by atoms with van der Waals surface area (Å²) in [6.07, 6.45) is 5.91. The Labute approximate surface area is 224 Å². The second-order valence-corrected chi connectivity index (χ2v) is 10.7. The molecule has 36 heavy (non-hydrogen) atoms. The maximum atomic E-state index is 12.5. The van der Waals surface area contributed by atoms with Crippen molar-refractivity contribution >= 4 is 34.5 Å². The van der Waals surface area contributed by atoms with Gasteiger partial charge in [0.25, 0.3) is 0 Å². The van der Waals surface area contributed by atoms with E-state index >= 15 is 0 Å². The smallest absolute Gasteiger partial charge is 0.306 e. The molecule has 2 aromatic carbocycles. The minimum atomic E-state index is -0.360. The summed E-state index contributed by atoms with van der Waals surface area (Å²) in [5, 5.41) is 3.50. The summed E-state index contributed by atoms with van der Waals surface area (Å²) in [4.78, 5) is 24.6. The molecule has 190 valence electrons. The topological polar surface area (TPSA) is 83.1 Å². The van der Waals surface area contributed by atoms with Gasteiger partial charge in [0, 0.05) is 34.9 Å². The molecular weight excluding hydrogens is 573 g/mol. The van der Waals surface area contributed by atoms with Gasteiger partial charge in [-0.3, -0.25) is 9.59 Å². The molecular formula is C28H30INO6. The van der Waals surface area contributed by atoms with E-state index in [1.807, 2.05) is 36.4 Å². The molecule has 3 atom stereocenters. The predicted octanol–water partition coefficient (Wildman–Crippen LogP) is 4.58. The fourth-order valence-corrected chi connectivity index (χ4v) is 5.72. The third-order valence-corrected chi connectivity index (χ3v) is 7.89. The van der Waals surface area contributed by atoms with Gasteiger partial charge in [-0.05, 0) is 77.4 Å². The summed E-state index contributed by atoms with van der Waals surface area (Å²) in [6.45, 7) is 1.91. The van der Waals surface area contributed by atoms with Crippen LogP contribution in [0.25, 0.3) is 0 Å². The summed E-state index contributed by atoms with van der Waals surface area (Å²) in [5.41, 5.74) is 3.11. The van der Waals surface area contributed by atoms with Crippen molar-refractivity contribution in [2.24, 2.45) is 0 Å². The molecule has 2 heterocycles. The van der Waals surface area contributed by atoms with E-state index in [1.165, 1.54) is 11.1 Å². The highest BCUT2D eigenvalue weighted by Gasteiger charge is 2.52. The number of carbonyl (C=O) groups excluding carboxylic acids is 2. The van der Waals surface area contributed by atoms with E-state index in [2.05, 4.69) is 40.1 Å². The summed E-state index contributed by atoms with van der Waals surface area (Å²) in [7, 11) is 1.66. The van der Waals surface area contributed by atoms with Gasteiger partial charge in [0.15, 0.2) is 11.5 Å². The average Bonchev–Trinajstić information content (AvgIpc) is 3.09. The summed E-state index contributed by atoms with van der Waals surface area (Å²) < 4.78 is 24.2. The molecule has 0 saturated carbocycles. The summed E-state index contributed by atoms with van der Waals surface area (Å²) >= 11 is 2.23. The summed E-state index contributed by atoms with van der Waals surface area (Å²) in [5.74, 6) is 0.913. The second-order valence-electron chi connectivity index (χ2n) is 9.47. The quantitative estimate of drug-likeness (QED) is 0.269. The third kappa shape index (κ3) is 5.11. The monoisotopic (exact) mass is 603 g/mol. The van der Waals surface area contributed by atoms with Gasteiger partial charge >= 0.3 is 11.9 Å². The minimum absolute atomic E-state index is 0.124. The molecule has 5 rings (SSSR count). The van der Waals surface area contributed by atoms with Gasteiger partial charge in [-0.1, -0.05) is 24.3 Å². The van der Waals surface area contributed by atoms with Crippen LogP contribution in [0.1, 0.15) is 48.8 Å². The number of nitrogens with one attached hydrogen (secondary N) is 1. The molecule has 0 amide bonds. The van der Waals surface area contributed by atoms with Crippen LogP contribution in [-0.2, 0) is 37.6 Å². The fraction of sp³-hybridized carbons (Fsp3) is 0.429. The lowest BCUT2D eigenvalue weighted by atomic mass is 9.69. The number of halogens is 1. The Hall–Kier alpha value is -2.59. The first kappa shape index (κ1) is 25.1. The van der Waals surface area contributed by atoms with Crippen LogP contribution in [0.5, 0.6) is 11.5 Å². The number of rotatable bonds is 8. The van der Waals surface area contributed by atoms with Crippen molar-refractivity contribution in [3.05, 3.63) is 68.8 Å². The Kier molecular flexibility index (Phi) is 7.52. The van der Waals surface area contributed by atoms with Gasteiger partial charge < -0.3 is 24.3 Å². The highest BCUT2D eigenvalue weighted by atomic mass is 127.